The average Bonchev–Trinajstić information content (AvgIpc) is 2.28. The summed E-state index contributed by atoms with van der Waals surface area (Å²) >= 11 is 0. The molecule has 0 amide bonds. The number of hydrogen-bond donors (Lipinski definition) is 3. The summed E-state index contributed by atoms with van der Waals surface area (Å²) < 4.78 is 5.16. The van der Waals surface area contributed by atoms with E-state index in [1.807, 2.05) is 24.3 Å². The maximum absolute atomic E-state index is 6.10. The van der Waals surface area contributed by atoms with Gasteiger partial charge in [-0.1, -0.05) is 12.1 Å². The quantitative estimate of drug-likeness (QED) is 0.700. The van der Waals surface area contributed by atoms with E-state index >= 15 is 0 Å². The smallest absolute Gasteiger partial charge is 0.188 e. The molecule has 1 aromatic rings. The minimum absolute atomic E-state index is 0.425. The van der Waals surface area contributed by atoms with Gasteiger partial charge in [0.2, 0.25) is 0 Å². The second-order valence-electron chi connectivity index (χ2n) is 3.97. The van der Waals surface area contributed by atoms with E-state index < -0.39 is 5.79 Å². The van der Waals surface area contributed by atoms with Gasteiger partial charge in [0.25, 0.3) is 0 Å². The van der Waals surface area contributed by atoms with Gasteiger partial charge >= 0.3 is 0 Å². The molecule has 0 spiro atoms. The fourth-order valence-electron chi connectivity index (χ4n) is 1.76. The summed E-state index contributed by atoms with van der Waals surface area (Å²) in [5, 5.41) is 3.00. The van der Waals surface area contributed by atoms with Crippen molar-refractivity contribution in [1.82, 2.24) is 5.32 Å². The Morgan fingerprint density at radius 2 is 2.29 bits per heavy atom. The Balaban J connectivity index is 2.17. The van der Waals surface area contributed by atoms with Crippen molar-refractivity contribution in [3.05, 3.63) is 42.1 Å². The Morgan fingerprint density at radius 3 is 3.00 bits per heavy atom. The first-order valence-electron chi connectivity index (χ1n) is 5.33. The first-order valence-corrected chi connectivity index (χ1v) is 5.33. The Bertz CT molecular complexity index is 469. The Kier molecular flexibility index (Phi) is 3.01. The predicted molar refractivity (Wildman–Crippen MR) is 67.5 cm³/mol. The molecule has 1 aliphatic heterocycles. The summed E-state index contributed by atoms with van der Waals surface area (Å²) in [6.07, 6.45) is 3.93. The summed E-state index contributed by atoms with van der Waals surface area (Å²) in [5.41, 5.74) is 12.8. The van der Waals surface area contributed by atoms with E-state index in [4.69, 9.17) is 16.2 Å². The number of ether oxygens (including phenoxy) is 1. The Labute approximate surface area is 100 Å². The lowest BCUT2D eigenvalue weighted by atomic mass is 10.1. The van der Waals surface area contributed by atoms with Crippen molar-refractivity contribution in [3.8, 4) is 5.75 Å². The van der Waals surface area contributed by atoms with E-state index in [1.165, 1.54) is 0 Å². The zero-order chi connectivity index (χ0) is 12.3. The highest BCUT2D eigenvalue weighted by atomic mass is 16.5. The number of nitrogens with zero attached hydrogens (tertiary/aromatic N) is 1. The SMILES string of the molecule is COc1cccc(CC2(N)N=C(N)C=CN2)c1. The van der Waals surface area contributed by atoms with Crippen LogP contribution in [0.4, 0.5) is 0 Å². The summed E-state index contributed by atoms with van der Waals surface area (Å²) in [5.74, 6) is 0.342. The van der Waals surface area contributed by atoms with Crippen LogP contribution < -0.4 is 21.5 Å². The molecule has 90 valence electrons. The molecule has 1 aromatic carbocycles. The van der Waals surface area contributed by atoms with Gasteiger partial charge in [-0.15, -0.1) is 0 Å². The van der Waals surface area contributed by atoms with Gasteiger partial charge in [0, 0.05) is 12.6 Å². The van der Waals surface area contributed by atoms with Gasteiger partial charge in [-0.2, -0.15) is 0 Å². The molecule has 5 heteroatoms. The second kappa shape index (κ2) is 4.47. The fourth-order valence-corrected chi connectivity index (χ4v) is 1.76. The van der Waals surface area contributed by atoms with E-state index in [-0.39, 0.29) is 0 Å². The number of aliphatic imine (C=N–C) groups is 1. The van der Waals surface area contributed by atoms with Gasteiger partial charge in [0.1, 0.15) is 11.6 Å². The van der Waals surface area contributed by atoms with Crippen molar-refractivity contribution >= 4 is 5.84 Å². The third-order valence-electron chi connectivity index (χ3n) is 2.52. The van der Waals surface area contributed by atoms with Gasteiger partial charge < -0.3 is 15.8 Å². The molecule has 1 atom stereocenters. The van der Waals surface area contributed by atoms with E-state index in [9.17, 15) is 0 Å². The van der Waals surface area contributed by atoms with E-state index in [0.29, 0.717) is 12.3 Å². The molecule has 0 aliphatic carbocycles. The minimum Gasteiger partial charge on any atom is -0.497 e. The molecule has 0 bridgehead atoms. The number of nitrogens with one attached hydrogen (secondary N) is 1. The van der Waals surface area contributed by atoms with Crippen LogP contribution in [-0.4, -0.2) is 18.7 Å². The summed E-state index contributed by atoms with van der Waals surface area (Å²) in [6, 6.07) is 7.71. The summed E-state index contributed by atoms with van der Waals surface area (Å²) in [6.45, 7) is 0. The first-order chi connectivity index (χ1) is 8.11. The maximum atomic E-state index is 6.10. The molecular weight excluding hydrogens is 216 g/mol. The Hall–Kier alpha value is -2.01. The molecule has 1 unspecified atom stereocenters. The molecule has 17 heavy (non-hydrogen) atoms. The van der Waals surface area contributed by atoms with Crippen LogP contribution in [0.3, 0.4) is 0 Å². The van der Waals surface area contributed by atoms with Crippen molar-refractivity contribution in [1.29, 1.82) is 0 Å². The number of hydrogen-bond acceptors (Lipinski definition) is 5. The molecule has 5 N–H and O–H groups in total. The number of amidine groups is 1. The van der Waals surface area contributed by atoms with Crippen LogP contribution >= 0.6 is 0 Å². The molecule has 1 aliphatic rings. The third-order valence-corrected chi connectivity index (χ3v) is 2.52. The van der Waals surface area contributed by atoms with Gasteiger partial charge in [-0.05, 0) is 23.8 Å². The van der Waals surface area contributed by atoms with Crippen LogP contribution in [0.15, 0.2) is 41.5 Å². The topological polar surface area (TPSA) is 85.7 Å². The minimum atomic E-state index is -0.884. The average molecular weight is 232 g/mol. The van der Waals surface area contributed by atoms with Crippen LogP contribution in [0.5, 0.6) is 5.75 Å². The molecule has 0 aromatic heterocycles. The first kappa shape index (κ1) is 11.5. The molecule has 1 heterocycles. The highest BCUT2D eigenvalue weighted by molar-refractivity contribution is 5.92. The lowest BCUT2D eigenvalue weighted by Crippen LogP contribution is -2.54. The number of benzene rings is 1. The van der Waals surface area contributed by atoms with Crippen LogP contribution in [0.1, 0.15) is 5.56 Å². The van der Waals surface area contributed by atoms with E-state index in [1.54, 1.807) is 19.4 Å². The van der Waals surface area contributed by atoms with Crippen molar-refractivity contribution in [2.45, 2.75) is 12.2 Å². The molecular formula is C12H16N4O. The predicted octanol–water partition coefficient (Wildman–Crippen LogP) is 0.324. The van der Waals surface area contributed by atoms with Crippen LogP contribution in [-0.2, 0) is 6.42 Å². The van der Waals surface area contributed by atoms with Crippen molar-refractivity contribution < 1.29 is 4.74 Å². The van der Waals surface area contributed by atoms with Crippen molar-refractivity contribution in [2.24, 2.45) is 16.5 Å². The highest BCUT2D eigenvalue weighted by Crippen LogP contribution is 2.17. The van der Waals surface area contributed by atoms with Crippen LogP contribution in [0, 0.1) is 0 Å². The number of nitrogens with two attached hydrogens (primary N) is 2. The largest absolute Gasteiger partial charge is 0.497 e. The molecule has 0 radical (unpaired) electrons. The van der Waals surface area contributed by atoms with E-state index in [2.05, 4.69) is 10.3 Å². The zero-order valence-corrected chi connectivity index (χ0v) is 9.68. The molecule has 2 rings (SSSR count). The Morgan fingerprint density at radius 1 is 1.47 bits per heavy atom. The van der Waals surface area contributed by atoms with Crippen molar-refractivity contribution in [2.75, 3.05) is 7.11 Å². The van der Waals surface area contributed by atoms with E-state index in [0.717, 1.165) is 11.3 Å². The van der Waals surface area contributed by atoms with Gasteiger partial charge in [-0.3, -0.25) is 5.73 Å². The standard InChI is InChI=1S/C12H16N4O/c1-17-10-4-2-3-9(7-10)8-12(14)15-6-5-11(13)16-12/h2-7,15H,8,14H2,1H3,(H2,13,16). The number of methoxy groups -OCH3 is 1. The molecule has 0 fully saturated rings. The normalized spacial score (nSPS) is 22.8. The zero-order valence-electron chi connectivity index (χ0n) is 9.68. The fraction of sp³-hybridized carbons (Fsp3) is 0.250. The summed E-state index contributed by atoms with van der Waals surface area (Å²) in [7, 11) is 1.63. The molecule has 5 nitrogen and oxygen atoms in total. The van der Waals surface area contributed by atoms with Gasteiger partial charge in [0.05, 0.1) is 7.11 Å². The summed E-state index contributed by atoms with van der Waals surface area (Å²) in [4.78, 5) is 4.20. The lowest BCUT2D eigenvalue weighted by molar-refractivity contribution is 0.387. The number of rotatable bonds is 3. The maximum Gasteiger partial charge on any atom is 0.188 e. The highest BCUT2D eigenvalue weighted by Gasteiger charge is 2.25. The third kappa shape index (κ3) is 2.76. The van der Waals surface area contributed by atoms with Crippen LogP contribution in [0.2, 0.25) is 0 Å². The van der Waals surface area contributed by atoms with Crippen LogP contribution in [0.25, 0.3) is 0 Å². The van der Waals surface area contributed by atoms with Crippen molar-refractivity contribution in [3.63, 3.8) is 0 Å². The molecule has 0 saturated heterocycles. The van der Waals surface area contributed by atoms with Gasteiger partial charge in [0.15, 0.2) is 5.79 Å². The lowest BCUT2D eigenvalue weighted by Gasteiger charge is -2.28. The molecule has 0 saturated carbocycles. The monoisotopic (exact) mass is 232 g/mol. The second-order valence-corrected chi connectivity index (χ2v) is 3.97. The van der Waals surface area contributed by atoms with Gasteiger partial charge in [-0.25, -0.2) is 4.99 Å².